The maximum Gasteiger partial charge on any atom is 0.269 e. The number of nitrogens with one attached hydrogen (secondary N) is 1. The van der Waals surface area contributed by atoms with Gasteiger partial charge in [-0.25, -0.2) is 4.99 Å². The molecular formula is C31H24N6O4. The lowest BCUT2D eigenvalue weighted by Gasteiger charge is -2.31. The SMILES string of the molecule is O=[N+]([O-])c1ccc(C2=Nc3c(n[nH]c3-c3ccccc3)N(Cc3ccccc3)[C@H](c3ccc([N+](=O)[O-])cc3)C2)cc1. The fourth-order valence-corrected chi connectivity index (χ4v) is 5.10. The first-order valence-corrected chi connectivity index (χ1v) is 13.0. The van der Waals surface area contributed by atoms with Crippen LogP contribution in [-0.4, -0.2) is 25.8 Å². The molecule has 0 amide bonds. The minimum atomic E-state index is -0.429. The zero-order valence-corrected chi connectivity index (χ0v) is 21.8. The Morgan fingerprint density at radius 1 is 0.756 bits per heavy atom. The standard InChI is InChI=1S/C31H24N6O4/c38-36(39)25-15-11-22(12-16-25)27-19-28(23-13-17-26(18-14-23)37(40)41)35(20-21-7-3-1-4-8-21)31-30(32-27)29(33-34-31)24-9-5-2-6-10-24/h1-18,28H,19-20H2,(H,33,34)/t28-/m0/s1. The molecule has 1 atom stereocenters. The Labute approximate surface area is 234 Å². The van der Waals surface area contributed by atoms with Gasteiger partial charge in [-0.05, 0) is 28.8 Å². The highest BCUT2D eigenvalue weighted by Crippen LogP contribution is 2.45. The first kappa shape index (κ1) is 25.6. The monoisotopic (exact) mass is 544 g/mol. The molecule has 10 nitrogen and oxygen atoms in total. The number of aliphatic imine (C=N–C) groups is 1. The topological polar surface area (TPSA) is 131 Å². The summed E-state index contributed by atoms with van der Waals surface area (Å²) in [6, 6.07) is 32.4. The lowest BCUT2D eigenvalue weighted by molar-refractivity contribution is -0.385. The van der Waals surface area contributed by atoms with Crippen LogP contribution in [0.15, 0.2) is 114 Å². The number of nitrogens with zero attached hydrogens (tertiary/aromatic N) is 5. The molecule has 1 aliphatic rings. The van der Waals surface area contributed by atoms with Crippen LogP contribution in [0.1, 0.15) is 29.2 Å². The number of nitro benzene ring substituents is 2. The molecule has 6 rings (SSSR count). The van der Waals surface area contributed by atoms with Gasteiger partial charge in [0.25, 0.3) is 11.4 Å². The molecule has 0 saturated carbocycles. The van der Waals surface area contributed by atoms with Crippen molar-refractivity contribution in [1.82, 2.24) is 10.2 Å². The summed E-state index contributed by atoms with van der Waals surface area (Å²) in [5.74, 6) is 0.646. The maximum absolute atomic E-state index is 11.4. The smallest absolute Gasteiger partial charge is 0.269 e. The van der Waals surface area contributed by atoms with Gasteiger partial charge in [0.15, 0.2) is 5.82 Å². The summed E-state index contributed by atoms with van der Waals surface area (Å²) in [5, 5.41) is 30.6. The summed E-state index contributed by atoms with van der Waals surface area (Å²) in [5.41, 5.74) is 5.72. The zero-order chi connectivity index (χ0) is 28.3. The second-order valence-corrected chi connectivity index (χ2v) is 9.68. The fraction of sp³-hybridized carbons (Fsp3) is 0.0968. The van der Waals surface area contributed by atoms with Crippen LogP contribution >= 0.6 is 0 Å². The van der Waals surface area contributed by atoms with Gasteiger partial charge in [0.2, 0.25) is 0 Å². The summed E-state index contributed by atoms with van der Waals surface area (Å²) < 4.78 is 0. The quantitative estimate of drug-likeness (QED) is 0.171. The number of aromatic nitrogens is 2. The molecule has 4 aromatic carbocycles. The second kappa shape index (κ2) is 10.9. The van der Waals surface area contributed by atoms with Crippen LogP contribution in [0.5, 0.6) is 0 Å². The number of benzene rings is 4. The van der Waals surface area contributed by atoms with Gasteiger partial charge in [0.1, 0.15) is 5.69 Å². The van der Waals surface area contributed by atoms with Gasteiger partial charge < -0.3 is 4.90 Å². The fourth-order valence-electron chi connectivity index (χ4n) is 5.10. The van der Waals surface area contributed by atoms with Gasteiger partial charge in [-0.1, -0.05) is 72.8 Å². The minimum Gasteiger partial charge on any atom is -0.342 e. The largest absolute Gasteiger partial charge is 0.342 e. The van der Waals surface area contributed by atoms with E-state index in [0.717, 1.165) is 33.7 Å². The van der Waals surface area contributed by atoms with Crippen LogP contribution < -0.4 is 4.90 Å². The van der Waals surface area contributed by atoms with Gasteiger partial charge in [-0.2, -0.15) is 5.10 Å². The van der Waals surface area contributed by atoms with Gasteiger partial charge in [0, 0.05) is 42.8 Å². The van der Waals surface area contributed by atoms with E-state index in [1.54, 1.807) is 24.3 Å². The molecule has 0 spiro atoms. The molecule has 1 aromatic heterocycles. The lowest BCUT2D eigenvalue weighted by Crippen LogP contribution is -2.29. The average Bonchev–Trinajstić information content (AvgIpc) is 3.35. The molecule has 0 unspecified atom stereocenters. The summed E-state index contributed by atoms with van der Waals surface area (Å²) in [6.07, 6.45) is 0.438. The van der Waals surface area contributed by atoms with Crippen LogP contribution in [-0.2, 0) is 6.54 Å². The molecule has 0 fully saturated rings. The number of hydrogen-bond acceptors (Lipinski definition) is 7. The van der Waals surface area contributed by atoms with Gasteiger partial charge in [-0.15, -0.1) is 0 Å². The van der Waals surface area contributed by atoms with Crippen LogP contribution in [0.25, 0.3) is 11.3 Å². The van der Waals surface area contributed by atoms with E-state index in [4.69, 9.17) is 10.1 Å². The Morgan fingerprint density at radius 2 is 1.34 bits per heavy atom. The van der Waals surface area contributed by atoms with Crippen LogP contribution in [0.3, 0.4) is 0 Å². The van der Waals surface area contributed by atoms with Crippen molar-refractivity contribution in [2.75, 3.05) is 4.90 Å². The van der Waals surface area contributed by atoms with Gasteiger partial charge in [-0.3, -0.25) is 25.3 Å². The highest BCUT2D eigenvalue weighted by Gasteiger charge is 2.32. The van der Waals surface area contributed by atoms with E-state index in [2.05, 4.69) is 10.00 Å². The Morgan fingerprint density at radius 3 is 1.95 bits per heavy atom. The van der Waals surface area contributed by atoms with E-state index in [1.165, 1.54) is 24.3 Å². The summed E-state index contributed by atoms with van der Waals surface area (Å²) in [4.78, 5) is 29.1. The Bertz CT molecular complexity index is 1730. The number of hydrogen-bond donors (Lipinski definition) is 1. The van der Waals surface area contributed by atoms with E-state index in [9.17, 15) is 20.2 Å². The van der Waals surface area contributed by atoms with Crippen molar-refractivity contribution >= 4 is 28.6 Å². The number of rotatable bonds is 7. The van der Waals surface area contributed by atoms with Crippen molar-refractivity contribution in [3.63, 3.8) is 0 Å². The molecule has 202 valence electrons. The second-order valence-electron chi connectivity index (χ2n) is 9.68. The van der Waals surface area contributed by atoms with Crippen LogP contribution in [0.4, 0.5) is 22.9 Å². The Kier molecular flexibility index (Phi) is 6.78. The zero-order valence-electron chi connectivity index (χ0n) is 21.8. The van der Waals surface area contributed by atoms with Crippen molar-refractivity contribution in [1.29, 1.82) is 0 Å². The Balaban J connectivity index is 1.54. The number of fused-ring (bicyclic) bond motifs is 1. The summed E-state index contributed by atoms with van der Waals surface area (Å²) >= 11 is 0. The summed E-state index contributed by atoms with van der Waals surface area (Å²) in [7, 11) is 0. The molecule has 0 aliphatic carbocycles. The third-order valence-electron chi connectivity index (χ3n) is 7.16. The maximum atomic E-state index is 11.4. The third kappa shape index (κ3) is 5.18. The first-order chi connectivity index (χ1) is 20.0. The molecule has 1 aliphatic heterocycles. The predicted molar refractivity (Wildman–Crippen MR) is 156 cm³/mol. The molecule has 10 heteroatoms. The average molecular weight is 545 g/mol. The Hall–Kier alpha value is -5.64. The van der Waals surface area contributed by atoms with E-state index in [1.807, 2.05) is 60.7 Å². The number of non-ortho nitro benzene ring substituents is 2. The van der Waals surface area contributed by atoms with Gasteiger partial charge in [0.05, 0.1) is 27.3 Å². The van der Waals surface area contributed by atoms with Crippen molar-refractivity contribution in [2.24, 2.45) is 4.99 Å². The number of nitro groups is 2. The van der Waals surface area contributed by atoms with E-state index in [0.29, 0.717) is 24.5 Å². The number of anilines is 1. The van der Waals surface area contributed by atoms with Crippen LogP contribution in [0.2, 0.25) is 0 Å². The molecule has 0 radical (unpaired) electrons. The highest BCUT2D eigenvalue weighted by atomic mass is 16.6. The molecule has 0 saturated heterocycles. The van der Waals surface area contributed by atoms with Crippen molar-refractivity contribution in [3.05, 3.63) is 146 Å². The van der Waals surface area contributed by atoms with Crippen molar-refractivity contribution in [2.45, 2.75) is 19.0 Å². The van der Waals surface area contributed by atoms with E-state index >= 15 is 0 Å². The normalized spacial score (nSPS) is 14.6. The number of H-pyrrole nitrogens is 1. The summed E-state index contributed by atoms with van der Waals surface area (Å²) in [6.45, 7) is 0.512. The molecule has 41 heavy (non-hydrogen) atoms. The lowest BCUT2D eigenvalue weighted by atomic mass is 9.95. The molecule has 1 N–H and O–H groups in total. The van der Waals surface area contributed by atoms with Gasteiger partial charge >= 0.3 is 0 Å². The number of aromatic amines is 1. The van der Waals surface area contributed by atoms with Crippen molar-refractivity contribution in [3.8, 4) is 11.3 Å². The van der Waals surface area contributed by atoms with Crippen LogP contribution in [0, 0.1) is 20.2 Å². The van der Waals surface area contributed by atoms with Crippen molar-refractivity contribution < 1.29 is 9.85 Å². The van der Waals surface area contributed by atoms with E-state index < -0.39 is 9.85 Å². The van der Waals surface area contributed by atoms with E-state index in [-0.39, 0.29) is 17.4 Å². The molecule has 5 aromatic rings. The highest BCUT2D eigenvalue weighted by molar-refractivity contribution is 6.05. The molecular weight excluding hydrogens is 520 g/mol. The predicted octanol–water partition coefficient (Wildman–Crippen LogP) is 7.17. The molecule has 0 bridgehead atoms. The molecule has 2 heterocycles. The minimum absolute atomic E-state index is 0.00503. The third-order valence-corrected chi connectivity index (χ3v) is 7.16. The first-order valence-electron chi connectivity index (χ1n) is 13.0.